The lowest BCUT2D eigenvalue weighted by Gasteiger charge is -2.34. The lowest BCUT2D eigenvalue weighted by Crippen LogP contribution is -2.56. The van der Waals surface area contributed by atoms with E-state index in [9.17, 15) is 4.79 Å². The van der Waals surface area contributed by atoms with Crippen molar-refractivity contribution >= 4 is 16.7 Å². The molecule has 118 valence electrons. The summed E-state index contributed by atoms with van der Waals surface area (Å²) >= 11 is 0. The zero-order valence-corrected chi connectivity index (χ0v) is 13.3. The summed E-state index contributed by atoms with van der Waals surface area (Å²) in [6.07, 6.45) is 0.838. The third kappa shape index (κ3) is 3.52. The second-order valence-corrected chi connectivity index (χ2v) is 6.18. The Morgan fingerprint density at radius 1 is 1.30 bits per heavy atom. The van der Waals surface area contributed by atoms with E-state index in [1.165, 1.54) is 16.3 Å². The van der Waals surface area contributed by atoms with Crippen molar-refractivity contribution in [1.29, 1.82) is 5.26 Å². The highest BCUT2D eigenvalue weighted by Crippen LogP contribution is 2.17. The van der Waals surface area contributed by atoms with Gasteiger partial charge in [-0.1, -0.05) is 42.5 Å². The molecule has 4 heteroatoms. The Labute approximate surface area is 136 Å². The molecule has 2 aromatic rings. The van der Waals surface area contributed by atoms with E-state index < -0.39 is 0 Å². The van der Waals surface area contributed by atoms with Crippen molar-refractivity contribution in [1.82, 2.24) is 10.2 Å². The molecule has 2 atom stereocenters. The summed E-state index contributed by atoms with van der Waals surface area (Å²) in [7, 11) is 0. The molecule has 1 aliphatic heterocycles. The fourth-order valence-corrected chi connectivity index (χ4v) is 3.03. The third-order valence-electron chi connectivity index (χ3n) is 4.58. The van der Waals surface area contributed by atoms with Gasteiger partial charge in [-0.2, -0.15) is 5.26 Å². The molecule has 3 rings (SSSR count). The average Bonchev–Trinajstić information content (AvgIpc) is 2.60. The number of benzene rings is 2. The maximum Gasteiger partial charge on any atom is 0.236 e. The number of fused-ring (bicyclic) bond motifs is 1. The van der Waals surface area contributed by atoms with Gasteiger partial charge < -0.3 is 10.2 Å². The molecule has 1 saturated heterocycles. The van der Waals surface area contributed by atoms with Crippen molar-refractivity contribution in [3.8, 4) is 6.07 Å². The summed E-state index contributed by atoms with van der Waals surface area (Å²) in [5.74, 6) is 0.0263. The van der Waals surface area contributed by atoms with Crippen molar-refractivity contribution in [3.63, 3.8) is 0 Å². The van der Waals surface area contributed by atoms with E-state index in [0.29, 0.717) is 19.6 Å². The number of piperazine rings is 1. The highest BCUT2D eigenvalue weighted by Gasteiger charge is 2.28. The SMILES string of the molecule is CC(C#N)C1CN(CCc2ccc3ccccc3c2)C(=O)CN1. The third-order valence-corrected chi connectivity index (χ3v) is 4.58. The van der Waals surface area contributed by atoms with Gasteiger partial charge in [0.1, 0.15) is 0 Å². The molecule has 0 spiro atoms. The minimum Gasteiger partial charge on any atom is -0.340 e. The van der Waals surface area contributed by atoms with Gasteiger partial charge in [-0.3, -0.25) is 4.79 Å². The first-order chi connectivity index (χ1) is 11.2. The molecule has 1 N–H and O–H groups in total. The number of amides is 1. The average molecular weight is 307 g/mol. The maximum atomic E-state index is 12.1. The molecule has 0 bridgehead atoms. The highest BCUT2D eigenvalue weighted by molar-refractivity contribution is 5.83. The number of hydrogen-bond donors (Lipinski definition) is 1. The second kappa shape index (κ2) is 6.80. The van der Waals surface area contributed by atoms with Crippen LogP contribution in [0.1, 0.15) is 12.5 Å². The van der Waals surface area contributed by atoms with Crippen LogP contribution in [0.4, 0.5) is 0 Å². The monoisotopic (exact) mass is 307 g/mol. The van der Waals surface area contributed by atoms with Gasteiger partial charge in [0.15, 0.2) is 0 Å². The quantitative estimate of drug-likeness (QED) is 0.943. The molecule has 1 aliphatic rings. The Morgan fingerprint density at radius 3 is 2.87 bits per heavy atom. The van der Waals surface area contributed by atoms with E-state index >= 15 is 0 Å². The van der Waals surface area contributed by atoms with Gasteiger partial charge in [-0.25, -0.2) is 0 Å². The van der Waals surface area contributed by atoms with E-state index in [1.807, 2.05) is 24.0 Å². The highest BCUT2D eigenvalue weighted by atomic mass is 16.2. The van der Waals surface area contributed by atoms with Gasteiger partial charge in [0.25, 0.3) is 0 Å². The van der Waals surface area contributed by atoms with E-state index in [4.69, 9.17) is 5.26 Å². The summed E-state index contributed by atoms with van der Waals surface area (Å²) in [6, 6.07) is 17.1. The van der Waals surface area contributed by atoms with E-state index in [0.717, 1.165) is 6.42 Å². The molecule has 0 radical (unpaired) electrons. The van der Waals surface area contributed by atoms with Crippen molar-refractivity contribution in [3.05, 3.63) is 48.0 Å². The molecule has 1 heterocycles. The first-order valence-corrected chi connectivity index (χ1v) is 8.06. The van der Waals surface area contributed by atoms with Gasteiger partial charge in [0.2, 0.25) is 5.91 Å². The minimum absolute atomic E-state index is 0.0642. The molecule has 4 nitrogen and oxygen atoms in total. The first-order valence-electron chi connectivity index (χ1n) is 8.06. The fraction of sp³-hybridized carbons (Fsp3) is 0.368. The number of rotatable bonds is 4. The van der Waals surface area contributed by atoms with Crippen LogP contribution in [0.2, 0.25) is 0 Å². The van der Waals surface area contributed by atoms with E-state index in [2.05, 4.69) is 41.7 Å². The molecular weight excluding hydrogens is 286 g/mol. The first kappa shape index (κ1) is 15.5. The summed E-state index contributed by atoms with van der Waals surface area (Å²) in [5, 5.41) is 14.7. The van der Waals surface area contributed by atoms with Crippen LogP contribution in [0.5, 0.6) is 0 Å². The minimum atomic E-state index is -0.0914. The second-order valence-electron chi connectivity index (χ2n) is 6.18. The van der Waals surface area contributed by atoms with Crippen LogP contribution in [0.3, 0.4) is 0 Å². The normalized spacial score (nSPS) is 19.6. The molecule has 23 heavy (non-hydrogen) atoms. The van der Waals surface area contributed by atoms with E-state index in [1.54, 1.807) is 0 Å². The smallest absolute Gasteiger partial charge is 0.236 e. The Morgan fingerprint density at radius 2 is 2.09 bits per heavy atom. The zero-order valence-electron chi connectivity index (χ0n) is 13.3. The topological polar surface area (TPSA) is 56.1 Å². The van der Waals surface area contributed by atoms with Crippen LogP contribution in [0, 0.1) is 17.2 Å². The molecule has 0 saturated carbocycles. The van der Waals surface area contributed by atoms with Crippen molar-refractivity contribution < 1.29 is 4.79 Å². The predicted molar refractivity (Wildman–Crippen MR) is 90.8 cm³/mol. The van der Waals surface area contributed by atoms with Gasteiger partial charge in [-0.05, 0) is 29.7 Å². The van der Waals surface area contributed by atoms with Crippen LogP contribution in [-0.4, -0.2) is 36.5 Å². The standard InChI is InChI=1S/C19H21N3O/c1-14(11-20)18-13-22(19(23)12-21-18)9-8-15-6-7-16-4-2-3-5-17(16)10-15/h2-7,10,14,18,21H,8-9,12-13H2,1H3. The molecular formula is C19H21N3O. The molecule has 0 aliphatic carbocycles. The fourth-order valence-electron chi connectivity index (χ4n) is 3.03. The van der Waals surface area contributed by atoms with Crippen LogP contribution >= 0.6 is 0 Å². The van der Waals surface area contributed by atoms with Crippen molar-refractivity contribution in [2.45, 2.75) is 19.4 Å². The lowest BCUT2D eigenvalue weighted by atomic mass is 10.0. The molecule has 1 fully saturated rings. The van der Waals surface area contributed by atoms with Crippen molar-refractivity contribution in [2.24, 2.45) is 5.92 Å². The largest absolute Gasteiger partial charge is 0.340 e. The number of carbonyl (C=O) groups is 1. The van der Waals surface area contributed by atoms with Crippen LogP contribution < -0.4 is 5.32 Å². The maximum absolute atomic E-state index is 12.1. The van der Waals surface area contributed by atoms with Crippen LogP contribution in [0.25, 0.3) is 10.8 Å². The summed E-state index contributed by atoms with van der Waals surface area (Å²) in [4.78, 5) is 13.9. The number of nitriles is 1. The summed E-state index contributed by atoms with van der Waals surface area (Å²) in [6.45, 7) is 3.54. The number of hydrogen-bond acceptors (Lipinski definition) is 3. The van der Waals surface area contributed by atoms with Crippen LogP contribution in [-0.2, 0) is 11.2 Å². The van der Waals surface area contributed by atoms with Gasteiger partial charge in [-0.15, -0.1) is 0 Å². The zero-order chi connectivity index (χ0) is 16.2. The molecule has 1 amide bonds. The Bertz CT molecular complexity index is 750. The molecule has 2 aromatic carbocycles. The number of nitrogens with zero attached hydrogens (tertiary/aromatic N) is 2. The van der Waals surface area contributed by atoms with Gasteiger partial charge in [0, 0.05) is 19.1 Å². The Hall–Kier alpha value is -2.38. The van der Waals surface area contributed by atoms with Crippen LogP contribution in [0.15, 0.2) is 42.5 Å². The summed E-state index contributed by atoms with van der Waals surface area (Å²) in [5.41, 5.74) is 1.24. The Balaban J connectivity index is 1.66. The summed E-state index contributed by atoms with van der Waals surface area (Å²) < 4.78 is 0. The predicted octanol–water partition coefficient (Wildman–Crippen LogP) is 2.34. The van der Waals surface area contributed by atoms with E-state index in [-0.39, 0.29) is 17.9 Å². The van der Waals surface area contributed by atoms with Gasteiger partial charge in [0.05, 0.1) is 18.5 Å². The Kier molecular flexibility index (Phi) is 4.59. The van der Waals surface area contributed by atoms with Crippen molar-refractivity contribution in [2.75, 3.05) is 19.6 Å². The number of carbonyl (C=O) groups excluding carboxylic acids is 1. The molecule has 2 unspecified atom stereocenters. The molecule has 0 aromatic heterocycles. The number of nitrogens with one attached hydrogen (secondary N) is 1. The van der Waals surface area contributed by atoms with Gasteiger partial charge >= 0.3 is 0 Å². The lowest BCUT2D eigenvalue weighted by molar-refractivity contribution is -0.133.